The molecular formula is C22H22FN5O. The Bertz CT molecular complexity index is 1160. The molecule has 0 saturated heterocycles. The summed E-state index contributed by atoms with van der Waals surface area (Å²) in [6.45, 7) is 3.36. The first kappa shape index (κ1) is 18.9. The van der Waals surface area contributed by atoms with Crippen molar-refractivity contribution in [2.45, 2.75) is 26.4 Å². The number of benzene rings is 2. The monoisotopic (exact) mass is 391 g/mol. The number of nitrogens with zero attached hydrogens (tertiary/aromatic N) is 3. The third-order valence-electron chi connectivity index (χ3n) is 4.92. The molecule has 0 saturated carbocycles. The fourth-order valence-corrected chi connectivity index (χ4v) is 3.57. The molecule has 1 amide bonds. The van der Waals surface area contributed by atoms with Crippen LogP contribution < -0.4 is 11.3 Å². The number of rotatable bonds is 6. The van der Waals surface area contributed by atoms with Crippen LogP contribution in [0.25, 0.3) is 22.2 Å². The lowest BCUT2D eigenvalue weighted by Gasteiger charge is -2.06. The van der Waals surface area contributed by atoms with E-state index in [4.69, 9.17) is 5.84 Å². The van der Waals surface area contributed by atoms with Gasteiger partial charge in [-0.15, -0.1) is 0 Å². The molecule has 2 aromatic heterocycles. The Hall–Kier alpha value is -3.45. The molecule has 0 fully saturated rings. The Balaban J connectivity index is 1.81. The van der Waals surface area contributed by atoms with Crippen molar-refractivity contribution in [2.75, 3.05) is 0 Å². The zero-order valence-corrected chi connectivity index (χ0v) is 16.1. The predicted octanol–water partition coefficient (Wildman–Crippen LogP) is 3.71. The van der Waals surface area contributed by atoms with Crippen LogP contribution in [0, 0.1) is 5.82 Å². The molecule has 2 heterocycles. The first-order chi connectivity index (χ1) is 14.1. The fourth-order valence-electron chi connectivity index (χ4n) is 3.57. The minimum atomic E-state index is -0.428. The van der Waals surface area contributed by atoms with Crippen molar-refractivity contribution in [3.8, 4) is 11.3 Å². The van der Waals surface area contributed by atoms with Crippen LogP contribution >= 0.6 is 0 Å². The highest BCUT2D eigenvalue weighted by molar-refractivity contribution is 5.98. The number of hydrazine groups is 1. The molecule has 6 nitrogen and oxygen atoms in total. The third-order valence-corrected chi connectivity index (χ3v) is 4.92. The van der Waals surface area contributed by atoms with Gasteiger partial charge in [0.1, 0.15) is 11.5 Å². The molecule has 0 radical (unpaired) electrons. The van der Waals surface area contributed by atoms with Gasteiger partial charge in [-0.3, -0.25) is 14.9 Å². The number of carbonyl (C=O) groups is 1. The molecular weight excluding hydrogens is 369 g/mol. The normalized spacial score (nSPS) is 11.1. The average Bonchev–Trinajstić information content (AvgIpc) is 3.31. The fraction of sp³-hybridized carbons (Fsp3) is 0.182. The van der Waals surface area contributed by atoms with Gasteiger partial charge in [0.05, 0.1) is 12.2 Å². The molecule has 0 aliphatic carbocycles. The second kappa shape index (κ2) is 7.89. The van der Waals surface area contributed by atoms with Crippen molar-refractivity contribution in [2.24, 2.45) is 5.84 Å². The van der Waals surface area contributed by atoms with E-state index in [-0.39, 0.29) is 5.82 Å². The standard InChI is InChI=1S/C22H22FN5O/c1-2-11-27-14-18(17-5-3-4-6-20(17)27)19-12-21(22(29)25-24)28(26-19)13-15-7-9-16(23)10-8-15/h3-10,12,14H,2,11,13,24H2,1H3,(H,25,29). The molecule has 4 aromatic rings. The number of fused-ring (bicyclic) bond motifs is 1. The Morgan fingerprint density at radius 1 is 1.17 bits per heavy atom. The molecule has 0 bridgehead atoms. The van der Waals surface area contributed by atoms with Gasteiger partial charge in [-0.2, -0.15) is 5.10 Å². The maximum atomic E-state index is 13.2. The van der Waals surface area contributed by atoms with Crippen LogP contribution in [0.3, 0.4) is 0 Å². The second-order valence-electron chi connectivity index (χ2n) is 6.93. The number of hydrogen-bond donors (Lipinski definition) is 2. The molecule has 7 heteroatoms. The number of aryl methyl sites for hydroxylation is 1. The van der Waals surface area contributed by atoms with Crippen LogP contribution in [-0.4, -0.2) is 20.3 Å². The number of hydrogen-bond acceptors (Lipinski definition) is 3. The SMILES string of the molecule is CCCn1cc(-c2cc(C(=O)NN)n(Cc3ccc(F)cc3)n2)c2ccccc21. The number of amides is 1. The zero-order valence-electron chi connectivity index (χ0n) is 16.1. The van der Waals surface area contributed by atoms with Gasteiger partial charge in [-0.25, -0.2) is 10.2 Å². The van der Waals surface area contributed by atoms with Crippen molar-refractivity contribution in [1.29, 1.82) is 0 Å². The summed E-state index contributed by atoms with van der Waals surface area (Å²) in [4.78, 5) is 12.3. The van der Waals surface area contributed by atoms with Crippen LogP contribution in [0.1, 0.15) is 29.4 Å². The van der Waals surface area contributed by atoms with Gasteiger partial charge < -0.3 is 4.57 Å². The third kappa shape index (κ3) is 3.64. The van der Waals surface area contributed by atoms with E-state index in [9.17, 15) is 9.18 Å². The second-order valence-corrected chi connectivity index (χ2v) is 6.93. The summed E-state index contributed by atoms with van der Waals surface area (Å²) in [5.41, 5.74) is 6.13. The number of nitrogen functional groups attached to an aromatic ring is 1. The Morgan fingerprint density at radius 3 is 2.66 bits per heavy atom. The van der Waals surface area contributed by atoms with Crippen molar-refractivity contribution in [3.63, 3.8) is 0 Å². The Morgan fingerprint density at radius 2 is 1.93 bits per heavy atom. The maximum absolute atomic E-state index is 13.2. The van der Waals surface area contributed by atoms with E-state index in [1.165, 1.54) is 12.1 Å². The highest BCUT2D eigenvalue weighted by Gasteiger charge is 2.19. The summed E-state index contributed by atoms with van der Waals surface area (Å²) in [6, 6.07) is 16.0. The van der Waals surface area contributed by atoms with Gasteiger partial charge in [0, 0.05) is 29.2 Å². The minimum absolute atomic E-state index is 0.307. The lowest BCUT2D eigenvalue weighted by molar-refractivity contribution is 0.0943. The molecule has 0 spiro atoms. The lowest BCUT2D eigenvalue weighted by Crippen LogP contribution is -2.32. The van der Waals surface area contributed by atoms with Gasteiger partial charge in [0.2, 0.25) is 0 Å². The molecule has 4 rings (SSSR count). The summed E-state index contributed by atoms with van der Waals surface area (Å²) < 4.78 is 17.0. The number of nitrogens with two attached hydrogens (primary N) is 1. The topological polar surface area (TPSA) is 77.9 Å². The van der Waals surface area contributed by atoms with Crippen LogP contribution in [0.4, 0.5) is 4.39 Å². The van der Waals surface area contributed by atoms with E-state index in [0.717, 1.165) is 35.0 Å². The lowest BCUT2D eigenvalue weighted by atomic mass is 10.1. The predicted molar refractivity (Wildman–Crippen MR) is 111 cm³/mol. The summed E-state index contributed by atoms with van der Waals surface area (Å²) in [5, 5.41) is 5.76. The van der Waals surface area contributed by atoms with E-state index < -0.39 is 5.91 Å². The van der Waals surface area contributed by atoms with E-state index in [1.807, 2.05) is 12.1 Å². The smallest absolute Gasteiger partial charge is 0.283 e. The van der Waals surface area contributed by atoms with Crippen molar-refractivity contribution in [1.82, 2.24) is 19.8 Å². The number of aromatic nitrogens is 3. The summed E-state index contributed by atoms with van der Waals surface area (Å²) in [7, 11) is 0. The minimum Gasteiger partial charge on any atom is -0.347 e. The van der Waals surface area contributed by atoms with Crippen molar-refractivity contribution in [3.05, 3.63) is 77.9 Å². The van der Waals surface area contributed by atoms with Gasteiger partial charge in [-0.05, 0) is 36.2 Å². The Labute approximate surface area is 167 Å². The highest BCUT2D eigenvalue weighted by Crippen LogP contribution is 2.30. The van der Waals surface area contributed by atoms with Gasteiger partial charge in [0.15, 0.2) is 0 Å². The molecule has 0 unspecified atom stereocenters. The van der Waals surface area contributed by atoms with E-state index in [0.29, 0.717) is 17.9 Å². The molecule has 29 heavy (non-hydrogen) atoms. The summed E-state index contributed by atoms with van der Waals surface area (Å²) in [5.74, 6) is 4.64. The first-order valence-corrected chi connectivity index (χ1v) is 9.52. The molecule has 0 aliphatic rings. The van der Waals surface area contributed by atoms with Gasteiger partial charge in [-0.1, -0.05) is 37.3 Å². The van der Waals surface area contributed by atoms with E-state index in [2.05, 4.69) is 40.3 Å². The quantitative estimate of drug-likeness (QED) is 0.299. The number of para-hydroxylation sites is 1. The van der Waals surface area contributed by atoms with Crippen LogP contribution in [-0.2, 0) is 13.1 Å². The maximum Gasteiger partial charge on any atom is 0.283 e. The van der Waals surface area contributed by atoms with Crippen LogP contribution in [0.15, 0.2) is 60.8 Å². The highest BCUT2D eigenvalue weighted by atomic mass is 19.1. The van der Waals surface area contributed by atoms with E-state index in [1.54, 1.807) is 22.9 Å². The largest absolute Gasteiger partial charge is 0.347 e. The van der Waals surface area contributed by atoms with Crippen LogP contribution in [0.5, 0.6) is 0 Å². The molecule has 3 N–H and O–H groups in total. The first-order valence-electron chi connectivity index (χ1n) is 9.52. The molecule has 0 aliphatic heterocycles. The number of carbonyl (C=O) groups excluding carboxylic acids is 1. The molecule has 2 aromatic carbocycles. The van der Waals surface area contributed by atoms with Crippen molar-refractivity contribution >= 4 is 16.8 Å². The Kier molecular flexibility index (Phi) is 5.14. The summed E-state index contributed by atoms with van der Waals surface area (Å²) >= 11 is 0. The zero-order chi connectivity index (χ0) is 20.4. The molecule has 0 atom stereocenters. The van der Waals surface area contributed by atoms with Gasteiger partial charge in [0.25, 0.3) is 5.91 Å². The van der Waals surface area contributed by atoms with Crippen molar-refractivity contribution < 1.29 is 9.18 Å². The van der Waals surface area contributed by atoms with Gasteiger partial charge >= 0.3 is 0 Å². The number of halogens is 1. The number of nitrogens with one attached hydrogen (secondary N) is 1. The van der Waals surface area contributed by atoms with Crippen LogP contribution in [0.2, 0.25) is 0 Å². The van der Waals surface area contributed by atoms with E-state index >= 15 is 0 Å². The summed E-state index contributed by atoms with van der Waals surface area (Å²) in [6.07, 6.45) is 3.08. The molecule has 148 valence electrons. The average molecular weight is 391 g/mol.